The van der Waals surface area contributed by atoms with Crippen LogP contribution in [-0.4, -0.2) is 0 Å². The van der Waals surface area contributed by atoms with Gasteiger partial charge in [0.15, 0.2) is 6.20 Å². The second kappa shape index (κ2) is 4.51. The normalized spacial score (nSPS) is 13.9. The van der Waals surface area contributed by atoms with Crippen molar-refractivity contribution in [3.05, 3.63) is 65.9 Å². The third kappa shape index (κ3) is 1.91. The summed E-state index contributed by atoms with van der Waals surface area (Å²) in [5.41, 5.74) is 3.24. The molecule has 0 radical (unpaired) electrons. The summed E-state index contributed by atoms with van der Waals surface area (Å²) in [5.74, 6) is 0. The molecule has 0 fully saturated rings. The Balaban J connectivity index is 2.36. The van der Waals surface area contributed by atoms with Gasteiger partial charge >= 0.3 is 0 Å². The van der Waals surface area contributed by atoms with Crippen LogP contribution in [-0.2, 0) is 7.05 Å². The van der Waals surface area contributed by atoms with Crippen molar-refractivity contribution in [1.82, 2.24) is 0 Å². The molecule has 0 saturated heterocycles. The van der Waals surface area contributed by atoms with Gasteiger partial charge in [0.1, 0.15) is 7.05 Å². The van der Waals surface area contributed by atoms with E-state index in [9.17, 15) is 0 Å². The van der Waals surface area contributed by atoms with Gasteiger partial charge in [-0.1, -0.05) is 30.3 Å². The van der Waals surface area contributed by atoms with Crippen LogP contribution in [0.2, 0.25) is 0 Å². The Hall–Kier alpha value is -2.15. The van der Waals surface area contributed by atoms with Gasteiger partial charge in [0.25, 0.3) is 0 Å². The predicted octanol–water partition coefficient (Wildman–Crippen LogP) is 3.95. The second-order valence-corrected chi connectivity index (χ2v) is 4.84. The van der Waals surface area contributed by atoms with Gasteiger partial charge in [0.05, 0.1) is 5.39 Å². The lowest BCUT2D eigenvalue weighted by Gasteiger charge is -2.09. The number of nitrogens with zero attached hydrogens (tertiary/aromatic N) is 1. The van der Waals surface area contributed by atoms with Crippen LogP contribution in [0.15, 0.2) is 54.7 Å². The second-order valence-electron chi connectivity index (χ2n) is 4.84. The quantitative estimate of drug-likeness (QED) is 0.577. The third-order valence-electron chi connectivity index (χ3n) is 3.64. The van der Waals surface area contributed by atoms with Gasteiger partial charge in [-0.2, -0.15) is 0 Å². The summed E-state index contributed by atoms with van der Waals surface area (Å²) in [7, 11) is 1.99. The Morgan fingerprint density at radius 1 is 1.00 bits per heavy atom. The maximum Gasteiger partial charge on any atom is 0.220 e. The SMILES string of the molecule is [2H]C([2H])([2H])c1cccc(-c2c3ccccc3cc[n+]2C)c1C. The molecule has 0 aliphatic rings. The molecule has 19 heavy (non-hydrogen) atoms. The average Bonchev–Trinajstić information content (AvgIpc) is 2.47. The Bertz CT molecular complexity index is 851. The lowest BCUT2D eigenvalue weighted by atomic mass is 9.97. The molecule has 0 bridgehead atoms. The molecule has 0 N–H and O–H groups in total. The van der Waals surface area contributed by atoms with Gasteiger partial charge in [-0.15, -0.1) is 0 Å². The van der Waals surface area contributed by atoms with Crippen molar-refractivity contribution in [2.45, 2.75) is 13.8 Å². The number of aryl methyl sites for hydroxylation is 2. The van der Waals surface area contributed by atoms with E-state index in [0.29, 0.717) is 5.56 Å². The standard InChI is InChI=1S/C18H18N/c1-13-7-6-10-16(14(13)2)18-17-9-5-4-8-15(17)11-12-19(18)3/h4-12H,1-3H3/q+1/i1D3. The van der Waals surface area contributed by atoms with Crippen molar-refractivity contribution in [2.75, 3.05) is 0 Å². The number of benzene rings is 2. The topological polar surface area (TPSA) is 3.88 Å². The minimum atomic E-state index is -2.09. The van der Waals surface area contributed by atoms with Crippen LogP contribution in [0.1, 0.15) is 15.2 Å². The van der Waals surface area contributed by atoms with E-state index in [2.05, 4.69) is 18.2 Å². The number of hydrogen-bond acceptors (Lipinski definition) is 0. The summed E-state index contributed by atoms with van der Waals surface area (Å²) < 4.78 is 25.2. The number of rotatable bonds is 1. The highest BCUT2D eigenvalue weighted by Crippen LogP contribution is 2.28. The van der Waals surface area contributed by atoms with Crippen LogP contribution in [0.4, 0.5) is 0 Å². The molecule has 1 nitrogen and oxygen atoms in total. The van der Waals surface area contributed by atoms with Gasteiger partial charge in [0.2, 0.25) is 5.69 Å². The Morgan fingerprint density at radius 2 is 1.84 bits per heavy atom. The smallest absolute Gasteiger partial charge is 0.200 e. The molecule has 1 aromatic heterocycles. The monoisotopic (exact) mass is 251 g/mol. The summed E-state index contributed by atoms with van der Waals surface area (Å²) in [6.07, 6.45) is 2.01. The zero-order chi connectivity index (χ0) is 15.9. The summed E-state index contributed by atoms with van der Waals surface area (Å²) in [6.45, 7) is -0.206. The average molecular weight is 251 g/mol. The molecule has 1 heteroatoms. The van der Waals surface area contributed by atoms with E-state index in [1.807, 2.05) is 49.0 Å². The fraction of sp³-hybridized carbons (Fsp3) is 0.167. The fourth-order valence-electron chi connectivity index (χ4n) is 2.54. The molecule has 2 aromatic carbocycles. The molecule has 1 heterocycles. The molecule has 3 aromatic rings. The first-order valence-electron chi connectivity index (χ1n) is 7.87. The summed E-state index contributed by atoms with van der Waals surface area (Å²) in [5, 5.41) is 2.27. The first-order valence-corrected chi connectivity index (χ1v) is 6.37. The highest BCUT2D eigenvalue weighted by molar-refractivity contribution is 5.93. The molecule has 0 aliphatic carbocycles. The number of fused-ring (bicyclic) bond motifs is 1. The highest BCUT2D eigenvalue weighted by atomic mass is 14.9. The van der Waals surface area contributed by atoms with Crippen LogP contribution in [0.25, 0.3) is 22.0 Å². The maximum absolute atomic E-state index is 7.72. The van der Waals surface area contributed by atoms with Gasteiger partial charge < -0.3 is 0 Å². The van der Waals surface area contributed by atoms with Crippen LogP contribution < -0.4 is 4.57 Å². The molecule has 0 unspecified atom stereocenters. The van der Waals surface area contributed by atoms with Gasteiger partial charge in [-0.25, -0.2) is 4.57 Å². The number of aromatic nitrogens is 1. The van der Waals surface area contributed by atoms with Crippen molar-refractivity contribution < 1.29 is 8.68 Å². The van der Waals surface area contributed by atoms with Gasteiger partial charge in [0, 0.05) is 15.7 Å². The number of pyridine rings is 1. The van der Waals surface area contributed by atoms with Crippen LogP contribution in [0.5, 0.6) is 0 Å². The van der Waals surface area contributed by atoms with E-state index in [1.54, 1.807) is 6.07 Å². The first kappa shape index (κ1) is 8.87. The first-order chi connectivity index (χ1) is 10.4. The van der Waals surface area contributed by atoms with Crippen LogP contribution in [0, 0.1) is 13.8 Å². The molecule has 3 rings (SSSR count). The minimum absolute atomic E-state index is 0.415. The lowest BCUT2D eigenvalue weighted by Crippen LogP contribution is -2.30. The van der Waals surface area contributed by atoms with Crippen LogP contribution in [0.3, 0.4) is 0 Å². The fourth-order valence-corrected chi connectivity index (χ4v) is 2.54. The molecule has 0 spiro atoms. The third-order valence-corrected chi connectivity index (χ3v) is 3.64. The summed E-state index contributed by atoms with van der Waals surface area (Å²) >= 11 is 0. The molecule has 0 atom stereocenters. The Kier molecular flexibility index (Phi) is 2.10. The van der Waals surface area contributed by atoms with Crippen molar-refractivity contribution in [2.24, 2.45) is 7.05 Å². The van der Waals surface area contributed by atoms with Crippen molar-refractivity contribution in [3.8, 4) is 11.3 Å². The van der Waals surface area contributed by atoms with E-state index < -0.39 is 6.85 Å². The molecular weight excluding hydrogens is 230 g/mol. The lowest BCUT2D eigenvalue weighted by molar-refractivity contribution is -0.659. The van der Waals surface area contributed by atoms with Crippen LogP contribution >= 0.6 is 0 Å². The largest absolute Gasteiger partial charge is 0.220 e. The van der Waals surface area contributed by atoms with Crippen molar-refractivity contribution in [1.29, 1.82) is 0 Å². The highest BCUT2D eigenvalue weighted by Gasteiger charge is 2.16. The van der Waals surface area contributed by atoms with E-state index >= 15 is 0 Å². The van der Waals surface area contributed by atoms with Crippen molar-refractivity contribution >= 4 is 10.8 Å². The van der Waals surface area contributed by atoms with Gasteiger partial charge in [-0.05, 0) is 42.4 Å². The van der Waals surface area contributed by atoms with E-state index in [4.69, 9.17) is 4.11 Å². The zero-order valence-electron chi connectivity index (χ0n) is 14.1. The van der Waals surface area contributed by atoms with Gasteiger partial charge in [-0.3, -0.25) is 0 Å². The predicted molar refractivity (Wildman–Crippen MR) is 80.0 cm³/mol. The minimum Gasteiger partial charge on any atom is -0.200 e. The summed E-state index contributed by atoms with van der Waals surface area (Å²) in [6, 6.07) is 15.7. The van der Waals surface area contributed by atoms with Crippen molar-refractivity contribution in [3.63, 3.8) is 0 Å². The molecule has 94 valence electrons. The number of hydrogen-bond donors (Lipinski definition) is 0. The molecule has 0 saturated carbocycles. The molecule has 0 aliphatic heterocycles. The molecular formula is C18H18N+. The van der Waals surface area contributed by atoms with E-state index in [-0.39, 0.29) is 0 Å². The van der Waals surface area contributed by atoms with E-state index in [1.165, 1.54) is 0 Å². The Labute approximate surface area is 118 Å². The summed E-state index contributed by atoms with van der Waals surface area (Å²) in [4.78, 5) is 0. The zero-order valence-corrected chi connectivity index (χ0v) is 11.1. The Morgan fingerprint density at radius 3 is 2.68 bits per heavy atom. The maximum atomic E-state index is 7.72. The van der Waals surface area contributed by atoms with E-state index in [0.717, 1.165) is 27.6 Å². The molecule has 0 amide bonds.